The van der Waals surface area contributed by atoms with E-state index in [9.17, 15) is 13.2 Å². The number of sulfone groups is 1. The van der Waals surface area contributed by atoms with Crippen molar-refractivity contribution in [1.29, 1.82) is 0 Å². The van der Waals surface area contributed by atoms with Crippen molar-refractivity contribution >= 4 is 15.7 Å². The van der Waals surface area contributed by atoms with Gasteiger partial charge in [-0.1, -0.05) is 5.16 Å². The average molecular weight is 355 g/mol. The van der Waals surface area contributed by atoms with Gasteiger partial charge in [-0.2, -0.15) is 0 Å². The summed E-state index contributed by atoms with van der Waals surface area (Å²) in [4.78, 5) is 14.7. The predicted octanol–water partition coefficient (Wildman–Crippen LogP) is 0.776. The highest BCUT2D eigenvalue weighted by molar-refractivity contribution is 7.90. The van der Waals surface area contributed by atoms with E-state index in [0.29, 0.717) is 41.9 Å². The van der Waals surface area contributed by atoms with Crippen molar-refractivity contribution in [2.45, 2.75) is 32.7 Å². The van der Waals surface area contributed by atoms with Crippen LogP contribution in [0.4, 0.5) is 0 Å². The van der Waals surface area contributed by atoms with Gasteiger partial charge in [0.15, 0.2) is 0 Å². The summed E-state index contributed by atoms with van der Waals surface area (Å²) in [5.74, 6) is 1.58. The second kappa shape index (κ2) is 6.48. The molecule has 1 aliphatic carbocycles. The third-order valence-corrected chi connectivity index (χ3v) is 5.95. The molecule has 7 nitrogen and oxygen atoms in total. The quantitative estimate of drug-likeness (QED) is 0.810. The van der Waals surface area contributed by atoms with Crippen LogP contribution in [0.25, 0.3) is 0 Å². The number of aryl methyl sites for hydroxylation is 2. The highest BCUT2D eigenvalue weighted by Gasteiger charge is 2.43. The zero-order valence-electron chi connectivity index (χ0n) is 14.4. The molecule has 1 aromatic heterocycles. The van der Waals surface area contributed by atoms with Crippen molar-refractivity contribution in [2.75, 3.05) is 31.6 Å². The molecule has 1 aliphatic heterocycles. The summed E-state index contributed by atoms with van der Waals surface area (Å²) in [6.07, 6.45) is 3.66. The molecule has 134 valence electrons. The maximum atomic E-state index is 12.6. The van der Waals surface area contributed by atoms with Gasteiger partial charge < -0.3 is 9.84 Å². The van der Waals surface area contributed by atoms with Gasteiger partial charge in [0.05, 0.1) is 11.4 Å². The Morgan fingerprint density at radius 2 is 2.04 bits per heavy atom. The Morgan fingerprint density at radius 3 is 2.58 bits per heavy atom. The Labute approximate surface area is 142 Å². The maximum absolute atomic E-state index is 12.6. The Hall–Kier alpha value is -1.41. The monoisotopic (exact) mass is 355 g/mol. The molecule has 0 radical (unpaired) electrons. The molecule has 1 amide bonds. The summed E-state index contributed by atoms with van der Waals surface area (Å²) in [5, 5.41) is 6.97. The molecule has 1 saturated carbocycles. The van der Waals surface area contributed by atoms with Crippen LogP contribution in [0.15, 0.2) is 4.52 Å². The molecule has 0 aromatic carbocycles. The number of rotatable bonds is 6. The van der Waals surface area contributed by atoms with Gasteiger partial charge in [-0.3, -0.25) is 9.69 Å². The summed E-state index contributed by atoms with van der Waals surface area (Å²) < 4.78 is 27.9. The summed E-state index contributed by atoms with van der Waals surface area (Å²) in [6.45, 7) is 5.58. The van der Waals surface area contributed by atoms with Crippen LogP contribution in [0.1, 0.15) is 34.7 Å². The van der Waals surface area contributed by atoms with Crippen LogP contribution < -0.4 is 5.32 Å². The molecule has 0 spiro atoms. The minimum absolute atomic E-state index is 0.0539. The first-order chi connectivity index (χ1) is 11.2. The van der Waals surface area contributed by atoms with Crippen LogP contribution in [0.3, 0.4) is 0 Å². The minimum Gasteiger partial charge on any atom is -0.361 e. The Balaban J connectivity index is 1.66. The number of carbonyl (C=O) groups excluding carboxylic acids is 1. The van der Waals surface area contributed by atoms with E-state index in [2.05, 4.69) is 15.4 Å². The van der Waals surface area contributed by atoms with Gasteiger partial charge in [0, 0.05) is 31.9 Å². The predicted molar refractivity (Wildman–Crippen MR) is 89.6 cm³/mol. The van der Waals surface area contributed by atoms with Crippen molar-refractivity contribution in [3.05, 3.63) is 17.0 Å². The number of amides is 1. The largest absolute Gasteiger partial charge is 0.361 e. The summed E-state index contributed by atoms with van der Waals surface area (Å²) in [7, 11) is -2.97. The fourth-order valence-corrected chi connectivity index (χ4v) is 4.18. The van der Waals surface area contributed by atoms with E-state index in [-0.39, 0.29) is 17.7 Å². The third-order valence-electron chi connectivity index (χ3n) is 5.02. The van der Waals surface area contributed by atoms with Crippen LogP contribution in [-0.2, 0) is 9.84 Å². The number of likely N-dealkylation sites (tertiary alicyclic amines) is 1. The molecule has 24 heavy (non-hydrogen) atoms. The van der Waals surface area contributed by atoms with Crippen molar-refractivity contribution in [3.8, 4) is 0 Å². The lowest BCUT2D eigenvalue weighted by molar-refractivity contribution is 0.0926. The molecule has 1 N–H and O–H groups in total. The van der Waals surface area contributed by atoms with Crippen molar-refractivity contribution in [2.24, 2.45) is 11.8 Å². The fraction of sp³-hybridized carbons (Fsp3) is 0.750. The van der Waals surface area contributed by atoms with Crippen LogP contribution >= 0.6 is 0 Å². The van der Waals surface area contributed by atoms with Gasteiger partial charge in [0.2, 0.25) is 0 Å². The zero-order valence-corrected chi connectivity index (χ0v) is 15.2. The van der Waals surface area contributed by atoms with Gasteiger partial charge in [-0.05, 0) is 38.5 Å². The standard InChI is InChI=1S/C16H25N3O4S/c1-10-15(11(2)23-18-10)16(20)17-14-9-19(6-7-24(3,21)22)8-13(14)12-4-5-12/h12-14H,4-9H2,1-3H3,(H,17,20)/t13-,14+/m0/s1. The fourth-order valence-electron chi connectivity index (χ4n) is 3.59. The maximum Gasteiger partial charge on any atom is 0.257 e. The molecule has 8 heteroatoms. The van der Waals surface area contributed by atoms with Gasteiger partial charge in [0.25, 0.3) is 5.91 Å². The highest BCUT2D eigenvalue weighted by atomic mass is 32.2. The lowest BCUT2D eigenvalue weighted by atomic mass is 9.97. The lowest BCUT2D eigenvalue weighted by Crippen LogP contribution is -2.41. The molecule has 2 aliphatic rings. The first kappa shape index (κ1) is 17.4. The van der Waals surface area contributed by atoms with Gasteiger partial charge in [0.1, 0.15) is 21.2 Å². The molecule has 0 bridgehead atoms. The van der Waals surface area contributed by atoms with Crippen LogP contribution in [0, 0.1) is 25.7 Å². The summed E-state index contributed by atoms with van der Waals surface area (Å²) in [6, 6.07) is 0.0539. The molecule has 1 aromatic rings. The first-order valence-corrected chi connectivity index (χ1v) is 10.4. The van der Waals surface area contributed by atoms with Crippen LogP contribution in [-0.4, -0.2) is 62.1 Å². The second-order valence-electron chi connectivity index (χ2n) is 7.17. The number of aromatic nitrogens is 1. The molecule has 2 atom stereocenters. The molecule has 2 fully saturated rings. The van der Waals surface area contributed by atoms with E-state index in [1.165, 1.54) is 19.1 Å². The van der Waals surface area contributed by atoms with E-state index < -0.39 is 9.84 Å². The third kappa shape index (κ3) is 3.97. The zero-order chi connectivity index (χ0) is 17.5. The van der Waals surface area contributed by atoms with Gasteiger partial charge in [-0.15, -0.1) is 0 Å². The molecule has 1 saturated heterocycles. The Bertz CT molecular complexity index is 704. The highest BCUT2D eigenvalue weighted by Crippen LogP contribution is 2.41. The van der Waals surface area contributed by atoms with E-state index in [4.69, 9.17) is 4.52 Å². The van der Waals surface area contributed by atoms with E-state index >= 15 is 0 Å². The van der Waals surface area contributed by atoms with Gasteiger partial charge >= 0.3 is 0 Å². The number of hydrogen-bond acceptors (Lipinski definition) is 6. The van der Waals surface area contributed by atoms with Gasteiger partial charge in [-0.25, -0.2) is 8.42 Å². The molecular formula is C16H25N3O4S. The molecule has 2 heterocycles. The molecule has 0 unspecified atom stereocenters. The minimum atomic E-state index is -2.97. The average Bonchev–Trinajstić information content (AvgIpc) is 3.16. The number of nitrogens with one attached hydrogen (secondary N) is 1. The summed E-state index contributed by atoms with van der Waals surface area (Å²) >= 11 is 0. The smallest absolute Gasteiger partial charge is 0.257 e. The van der Waals surface area contributed by atoms with Crippen LogP contribution in [0.2, 0.25) is 0 Å². The second-order valence-corrected chi connectivity index (χ2v) is 9.43. The van der Waals surface area contributed by atoms with E-state index in [0.717, 1.165) is 6.54 Å². The molecular weight excluding hydrogens is 330 g/mol. The van der Waals surface area contributed by atoms with Crippen molar-refractivity contribution in [1.82, 2.24) is 15.4 Å². The Morgan fingerprint density at radius 1 is 1.33 bits per heavy atom. The number of hydrogen-bond donors (Lipinski definition) is 1. The summed E-state index contributed by atoms with van der Waals surface area (Å²) in [5.41, 5.74) is 1.11. The van der Waals surface area contributed by atoms with Crippen molar-refractivity contribution < 1.29 is 17.7 Å². The lowest BCUT2D eigenvalue weighted by Gasteiger charge is -2.19. The van der Waals surface area contributed by atoms with Crippen molar-refractivity contribution in [3.63, 3.8) is 0 Å². The Kier molecular flexibility index (Phi) is 4.70. The van der Waals surface area contributed by atoms with Crippen LogP contribution in [0.5, 0.6) is 0 Å². The topological polar surface area (TPSA) is 92.5 Å². The number of carbonyl (C=O) groups is 1. The normalized spacial score (nSPS) is 25.1. The first-order valence-electron chi connectivity index (χ1n) is 8.38. The number of nitrogens with zero attached hydrogens (tertiary/aromatic N) is 2. The van der Waals surface area contributed by atoms with E-state index in [1.54, 1.807) is 13.8 Å². The van der Waals surface area contributed by atoms with E-state index in [1.807, 2.05) is 0 Å². The SMILES string of the molecule is Cc1noc(C)c1C(=O)N[C@@H]1CN(CCS(C)(=O)=O)C[C@H]1C1CC1. The molecule has 3 rings (SSSR count).